The van der Waals surface area contributed by atoms with Crippen molar-refractivity contribution in [3.05, 3.63) is 86.1 Å². The maximum atomic E-state index is 11.5. The van der Waals surface area contributed by atoms with Gasteiger partial charge < -0.3 is 0 Å². The second-order valence-electron chi connectivity index (χ2n) is 6.62. The summed E-state index contributed by atoms with van der Waals surface area (Å²) in [7, 11) is -3.31. The number of hydrogen-bond acceptors (Lipinski definition) is 3. The number of nitrogens with one attached hydrogen (secondary N) is 1. The lowest BCUT2D eigenvalue weighted by molar-refractivity contribution is 0.607. The predicted molar refractivity (Wildman–Crippen MR) is 115 cm³/mol. The molecule has 27 heavy (non-hydrogen) atoms. The molecule has 1 heterocycles. The second kappa shape index (κ2) is 7.15. The second-order valence-corrected chi connectivity index (χ2v) is 9.80. The van der Waals surface area contributed by atoms with Crippen LogP contribution < -0.4 is 4.72 Å². The first-order chi connectivity index (χ1) is 12.9. The van der Waals surface area contributed by atoms with Crippen LogP contribution in [0.15, 0.2) is 53.9 Å². The highest BCUT2D eigenvalue weighted by Gasteiger charge is 2.19. The summed E-state index contributed by atoms with van der Waals surface area (Å²) in [5, 5.41) is 2.87. The van der Waals surface area contributed by atoms with Crippen LogP contribution in [0.3, 0.4) is 0 Å². The average Bonchev–Trinajstić information content (AvgIpc) is 3.00. The zero-order valence-corrected chi connectivity index (χ0v) is 17.1. The Morgan fingerprint density at radius 1 is 1.07 bits per heavy atom. The van der Waals surface area contributed by atoms with Gasteiger partial charge in [-0.15, -0.1) is 11.3 Å². The topological polar surface area (TPSA) is 46.2 Å². The number of halogens is 1. The highest BCUT2D eigenvalue weighted by Crippen LogP contribution is 2.38. The first kappa shape index (κ1) is 18.3. The number of benzene rings is 2. The number of aryl methyl sites for hydroxylation is 2. The van der Waals surface area contributed by atoms with Gasteiger partial charge in [0.2, 0.25) is 10.0 Å². The van der Waals surface area contributed by atoms with Gasteiger partial charge in [0.15, 0.2) is 0 Å². The summed E-state index contributed by atoms with van der Waals surface area (Å²) in [5.41, 5.74) is 6.30. The molecule has 0 bridgehead atoms. The summed E-state index contributed by atoms with van der Waals surface area (Å²) in [6, 6.07) is 15.6. The number of sulfonamides is 1. The molecule has 6 heteroatoms. The Kier molecular flexibility index (Phi) is 4.84. The SMILES string of the molecule is CS(=O)(=O)Nc1cccc(/C=C2/c3ccc(Cl)cc3CCc3sccc32)c1. The van der Waals surface area contributed by atoms with E-state index in [1.165, 1.54) is 21.6 Å². The molecule has 0 atom stereocenters. The fourth-order valence-corrected chi connectivity index (χ4v) is 5.07. The molecular formula is C21H18ClNO2S2. The molecule has 3 nitrogen and oxygen atoms in total. The molecule has 2 aromatic carbocycles. The number of anilines is 1. The lowest BCUT2D eigenvalue weighted by Crippen LogP contribution is -2.09. The Morgan fingerprint density at radius 3 is 2.74 bits per heavy atom. The van der Waals surface area contributed by atoms with Crippen molar-refractivity contribution in [1.29, 1.82) is 0 Å². The summed E-state index contributed by atoms with van der Waals surface area (Å²) < 4.78 is 25.6. The summed E-state index contributed by atoms with van der Waals surface area (Å²) in [6.45, 7) is 0. The molecule has 0 saturated heterocycles. The first-order valence-electron chi connectivity index (χ1n) is 8.54. The number of thiophene rings is 1. The van der Waals surface area contributed by atoms with Crippen molar-refractivity contribution in [2.24, 2.45) is 0 Å². The third kappa shape index (κ3) is 4.10. The summed E-state index contributed by atoms with van der Waals surface area (Å²) in [5.74, 6) is 0. The lowest BCUT2D eigenvalue weighted by Gasteiger charge is -2.11. The molecular weight excluding hydrogens is 398 g/mol. The minimum absolute atomic E-state index is 0.558. The van der Waals surface area contributed by atoms with Crippen LogP contribution in [0.25, 0.3) is 11.6 Å². The van der Waals surface area contributed by atoms with Gasteiger partial charge in [-0.25, -0.2) is 8.42 Å². The fourth-order valence-electron chi connectivity index (χ4n) is 3.43. The summed E-state index contributed by atoms with van der Waals surface area (Å²) >= 11 is 8.00. The van der Waals surface area contributed by atoms with Crippen molar-refractivity contribution in [3.8, 4) is 0 Å². The van der Waals surface area contributed by atoms with Crippen LogP contribution in [0, 0.1) is 0 Å². The van der Waals surface area contributed by atoms with E-state index in [2.05, 4.69) is 28.3 Å². The van der Waals surface area contributed by atoms with E-state index in [0.29, 0.717) is 5.69 Å². The highest BCUT2D eigenvalue weighted by atomic mass is 35.5. The Balaban J connectivity index is 1.85. The van der Waals surface area contributed by atoms with Crippen molar-refractivity contribution < 1.29 is 8.42 Å². The third-order valence-electron chi connectivity index (χ3n) is 4.52. The standard InChI is InChI=1S/C21H18ClNO2S2/c1-27(24,25)23-17-4-2-3-14(11-17)12-20-18-7-6-16(22)13-15(18)5-8-21-19(20)9-10-26-21/h2-4,6-7,9-13,23H,5,8H2,1H3/b20-12-. The maximum Gasteiger partial charge on any atom is 0.229 e. The molecule has 1 aliphatic carbocycles. The van der Waals surface area contributed by atoms with Gasteiger partial charge in [-0.1, -0.05) is 29.8 Å². The van der Waals surface area contributed by atoms with Crippen molar-refractivity contribution in [2.45, 2.75) is 12.8 Å². The van der Waals surface area contributed by atoms with E-state index in [4.69, 9.17) is 11.6 Å². The first-order valence-corrected chi connectivity index (χ1v) is 11.7. The largest absolute Gasteiger partial charge is 0.284 e. The van der Waals surface area contributed by atoms with Gasteiger partial charge in [-0.05, 0) is 82.5 Å². The van der Waals surface area contributed by atoms with E-state index in [0.717, 1.165) is 35.3 Å². The van der Waals surface area contributed by atoms with Crippen LogP contribution >= 0.6 is 22.9 Å². The number of fused-ring (bicyclic) bond motifs is 2. The monoisotopic (exact) mass is 415 g/mol. The molecule has 0 fully saturated rings. The molecule has 1 aliphatic rings. The van der Waals surface area contributed by atoms with Gasteiger partial charge in [0.05, 0.1) is 6.26 Å². The minimum atomic E-state index is -3.31. The van der Waals surface area contributed by atoms with Crippen LogP contribution in [0.5, 0.6) is 0 Å². The molecule has 0 aliphatic heterocycles. The molecule has 3 aromatic rings. The highest BCUT2D eigenvalue weighted by molar-refractivity contribution is 7.92. The molecule has 0 amide bonds. The van der Waals surface area contributed by atoms with Gasteiger partial charge in [-0.3, -0.25) is 4.72 Å². The Hall–Kier alpha value is -2.08. The number of rotatable bonds is 3. The van der Waals surface area contributed by atoms with E-state index >= 15 is 0 Å². The molecule has 0 unspecified atom stereocenters. The third-order valence-corrected chi connectivity index (χ3v) is 6.34. The zero-order chi connectivity index (χ0) is 19.0. The number of hydrogen-bond donors (Lipinski definition) is 1. The normalized spacial score (nSPS) is 15.1. The smallest absolute Gasteiger partial charge is 0.229 e. The van der Waals surface area contributed by atoms with Crippen molar-refractivity contribution in [3.63, 3.8) is 0 Å². The zero-order valence-electron chi connectivity index (χ0n) is 14.7. The summed E-state index contributed by atoms with van der Waals surface area (Å²) in [6.07, 6.45) is 5.22. The van der Waals surface area contributed by atoms with E-state index in [1.807, 2.05) is 30.3 Å². The van der Waals surface area contributed by atoms with Crippen molar-refractivity contribution >= 4 is 50.3 Å². The Bertz CT molecular complexity index is 1150. The Labute approximate surface area is 168 Å². The summed E-state index contributed by atoms with van der Waals surface area (Å²) in [4.78, 5) is 1.36. The van der Waals surface area contributed by atoms with Crippen LogP contribution in [0.4, 0.5) is 5.69 Å². The van der Waals surface area contributed by atoms with Crippen molar-refractivity contribution in [1.82, 2.24) is 0 Å². The molecule has 1 aromatic heterocycles. The van der Waals surface area contributed by atoms with E-state index in [-0.39, 0.29) is 0 Å². The van der Waals surface area contributed by atoms with Gasteiger partial charge in [-0.2, -0.15) is 0 Å². The van der Waals surface area contributed by atoms with Gasteiger partial charge in [0, 0.05) is 15.6 Å². The van der Waals surface area contributed by atoms with Crippen LogP contribution in [0.1, 0.15) is 27.1 Å². The Morgan fingerprint density at radius 2 is 1.93 bits per heavy atom. The molecule has 0 saturated carbocycles. The van der Waals surface area contributed by atoms with Crippen LogP contribution in [-0.4, -0.2) is 14.7 Å². The molecule has 0 radical (unpaired) electrons. The van der Waals surface area contributed by atoms with E-state index in [1.54, 1.807) is 17.4 Å². The quantitative estimate of drug-likeness (QED) is 0.617. The van der Waals surface area contributed by atoms with Gasteiger partial charge >= 0.3 is 0 Å². The average molecular weight is 416 g/mol. The minimum Gasteiger partial charge on any atom is -0.284 e. The van der Waals surface area contributed by atoms with E-state index < -0.39 is 10.0 Å². The molecule has 4 rings (SSSR count). The molecule has 1 N–H and O–H groups in total. The van der Waals surface area contributed by atoms with Gasteiger partial charge in [0.25, 0.3) is 0 Å². The van der Waals surface area contributed by atoms with Crippen LogP contribution in [-0.2, 0) is 22.9 Å². The van der Waals surface area contributed by atoms with Crippen molar-refractivity contribution in [2.75, 3.05) is 11.0 Å². The van der Waals surface area contributed by atoms with Crippen LogP contribution in [0.2, 0.25) is 5.02 Å². The molecule has 138 valence electrons. The van der Waals surface area contributed by atoms with Gasteiger partial charge in [0.1, 0.15) is 0 Å². The van der Waals surface area contributed by atoms with E-state index in [9.17, 15) is 8.42 Å². The predicted octanol–water partition coefficient (Wildman–Crippen LogP) is 5.46. The fraction of sp³-hybridized carbons (Fsp3) is 0.143. The maximum absolute atomic E-state index is 11.5. The molecule has 0 spiro atoms. The lowest BCUT2D eigenvalue weighted by atomic mass is 9.94.